The fourth-order valence-corrected chi connectivity index (χ4v) is 3.26. The molecule has 0 saturated carbocycles. The Bertz CT molecular complexity index is 653. The number of nitrogens with one attached hydrogen (secondary N) is 2. The van der Waals surface area contributed by atoms with E-state index in [-0.39, 0.29) is 12.3 Å². The van der Waals surface area contributed by atoms with E-state index in [1.165, 1.54) is 24.9 Å². The summed E-state index contributed by atoms with van der Waals surface area (Å²) in [5.41, 5.74) is 2.26. The summed E-state index contributed by atoms with van der Waals surface area (Å²) in [6.07, 6.45) is 3.76. The second-order valence-corrected chi connectivity index (χ2v) is 6.68. The van der Waals surface area contributed by atoms with Crippen LogP contribution < -0.4 is 15.5 Å². The van der Waals surface area contributed by atoms with E-state index in [0.29, 0.717) is 6.54 Å². The maximum atomic E-state index is 12.3. The number of nitrogens with zero attached hydrogens (tertiary/aromatic N) is 2. The van der Waals surface area contributed by atoms with Gasteiger partial charge >= 0.3 is 6.03 Å². The van der Waals surface area contributed by atoms with Gasteiger partial charge in [-0.3, -0.25) is 14.9 Å². The Hall–Kier alpha value is -2.57. The van der Waals surface area contributed by atoms with Gasteiger partial charge in [0.15, 0.2) is 0 Å². The average molecular weight is 344 g/mol. The van der Waals surface area contributed by atoms with Crippen molar-refractivity contribution in [2.45, 2.75) is 38.3 Å². The molecule has 0 aliphatic carbocycles. The summed E-state index contributed by atoms with van der Waals surface area (Å²) in [5, 5.41) is 4.58. The van der Waals surface area contributed by atoms with Gasteiger partial charge in [-0.2, -0.15) is 0 Å². The van der Waals surface area contributed by atoms with Gasteiger partial charge in [-0.25, -0.2) is 4.79 Å². The first-order valence-electron chi connectivity index (χ1n) is 8.72. The first-order valence-corrected chi connectivity index (χ1v) is 8.72. The third kappa shape index (κ3) is 4.29. The third-order valence-electron chi connectivity index (χ3n) is 4.74. The van der Waals surface area contributed by atoms with Gasteiger partial charge in [0.1, 0.15) is 6.04 Å². The Labute approximate surface area is 147 Å². The van der Waals surface area contributed by atoms with Crippen LogP contribution in [0.4, 0.5) is 10.5 Å². The molecule has 4 amide bonds. The second kappa shape index (κ2) is 7.55. The van der Waals surface area contributed by atoms with Crippen molar-refractivity contribution in [3.05, 3.63) is 29.8 Å². The fraction of sp³-hybridized carbons (Fsp3) is 0.500. The predicted molar refractivity (Wildman–Crippen MR) is 94.1 cm³/mol. The maximum Gasteiger partial charge on any atom is 0.322 e. The number of benzene rings is 1. The normalized spacial score (nSPS) is 20.2. The molecular weight excluding hydrogens is 320 g/mol. The molecule has 0 spiro atoms. The van der Waals surface area contributed by atoms with Gasteiger partial charge in [0, 0.05) is 32.4 Å². The number of piperidine rings is 1. The molecule has 7 heteroatoms. The van der Waals surface area contributed by atoms with Crippen LogP contribution in [0.5, 0.6) is 0 Å². The van der Waals surface area contributed by atoms with E-state index in [1.54, 1.807) is 11.9 Å². The van der Waals surface area contributed by atoms with Crippen LogP contribution in [0.3, 0.4) is 0 Å². The topological polar surface area (TPSA) is 81.8 Å². The first kappa shape index (κ1) is 17.3. The smallest absolute Gasteiger partial charge is 0.322 e. The molecule has 2 saturated heterocycles. The van der Waals surface area contributed by atoms with Crippen LogP contribution in [-0.2, 0) is 16.1 Å². The fourth-order valence-electron chi connectivity index (χ4n) is 3.26. The molecule has 2 fully saturated rings. The summed E-state index contributed by atoms with van der Waals surface area (Å²) in [5.74, 6) is -0.625. The zero-order valence-corrected chi connectivity index (χ0v) is 14.5. The van der Waals surface area contributed by atoms with Crippen LogP contribution in [0, 0.1) is 0 Å². The second-order valence-electron chi connectivity index (χ2n) is 6.68. The lowest BCUT2D eigenvalue weighted by Crippen LogP contribution is -2.36. The van der Waals surface area contributed by atoms with E-state index in [2.05, 4.69) is 27.7 Å². The summed E-state index contributed by atoms with van der Waals surface area (Å²) in [6, 6.07) is 6.96. The molecule has 0 unspecified atom stereocenters. The average Bonchev–Trinajstić information content (AvgIpc) is 2.93. The third-order valence-corrected chi connectivity index (χ3v) is 4.74. The Kier molecular flexibility index (Phi) is 5.21. The molecule has 7 nitrogen and oxygen atoms in total. The summed E-state index contributed by atoms with van der Waals surface area (Å²) >= 11 is 0. The molecule has 1 aromatic carbocycles. The minimum atomic E-state index is -0.774. The minimum absolute atomic E-state index is 0.0278. The van der Waals surface area contributed by atoms with Gasteiger partial charge in [-0.05, 0) is 37.0 Å². The van der Waals surface area contributed by atoms with Crippen molar-refractivity contribution >= 4 is 23.5 Å². The summed E-state index contributed by atoms with van der Waals surface area (Å²) in [4.78, 5) is 38.8. The van der Waals surface area contributed by atoms with Crippen molar-refractivity contribution in [2.24, 2.45) is 0 Å². The Morgan fingerprint density at radius 1 is 1.16 bits per heavy atom. The molecular formula is C18H24N4O3. The SMILES string of the molecule is CN(Cc1ccc(N2CCCCC2)cc1)C(=O)C[C@H]1NC(=O)NC1=O. The van der Waals surface area contributed by atoms with Crippen molar-refractivity contribution < 1.29 is 14.4 Å². The van der Waals surface area contributed by atoms with Crippen LogP contribution in [0.15, 0.2) is 24.3 Å². The lowest BCUT2D eigenvalue weighted by molar-refractivity contribution is -0.133. The molecule has 1 atom stereocenters. The van der Waals surface area contributed by atoms with Crippen LogP contribution >= 0.6 is 0 Å². The predicted octanol–water partition coefficient (Wildman–Crippen LogP) is 1.23. The van der Waals surface area contributed by atoms with Crippen LogP contribution in [0.2, 0.25) is 0 Å². The minimum Gasteiger partial charge on any atom is -0.372 e. The first-order chi connectivity index (χ1) is 12.0. The highest BCUT2D eigenvalue weighted by molar-refractivity contribution is 6.05. The molecule has 0 aromatic heterocycles. The number of carbonyl (C=O) groups is 3. The highest BCUT2D eigenvalue weighted by Crippen LogP contribution is 2.20. The number of hydrogen-bond acceptors (Lipinski definition) is 4. The number of imide groups is 1. The summed E-state index contributed by atoms with van der Waals surface area (Å²) < 4.78 is 0. The molecule has 0 bridgehead atoms. The molecule has 3 rings (SSSR count). The molecule has 1 aromatic rings. The van der Waals surface area contributed by atoms with E-state index in [9.17, 15) is 14.4 Å². The number of hydrogen-bond donors (Lipinski definition) is 2. The van der Waals surface area contributed by atoms with Crippen molar-refractivity contribution in [3.8, 4) is 0 Å². The summed E-state index contributed by atoms with van der Waals surface area (Å²) in [7, 11) is 1.70. The molecule has 2 aliphatic heterocycles. The molecule has 2 heterocycles. The molecule has 2 N–H and O–H groups in total. The number of rotatable bonds is 5. The van der Waals surface area contributed by atoms with Crippen molar-refractivity contribution in [3.63, 3.8) is 0 Å². The Morgan fingerprint density at radius 2 is 1.84 bits per heavy atom. The molecule has 0 radical (unpaired) electrons. The number of anilines is 1. The zero-order valence-electron chi connectivity index (χ0n) is 14.5. The molecule has 134 valence electrons. The highest BCUT2D eigenvalue weighted by Gasteiger charge is 2.32. The lowest BCUT2D eigenvalue weighted by atomic mass is 10.1. The maximum absolute atomic E-state index is 12.3. The van der Waals surface area contributed by atoms with Gasteiger partial charge in [-0.1, -0.05) is 12.1 Å². The Morgan fingerprint density at radius 3 is 2.44 bits per heavy atom. The van der Waals surface area contributed by atoms with Gasteiger partial charge in [0.05, 0.1) is 6.42 Å². The van der Waals surface area contributed by atoms with E-state index in [4.69, 9.17) is 0 Å². The van der Waals surface area contributed by atoms with Gasteiger partial charge in [-0.15, -0.1) is 0 Å². The van der Waals surface area contributed by atoms with E-state index in [1.807, 2.05) is 12.1 Å². The Balaban J connectivity index is 1.53. The van der Waals surface area contributed by atoms with Crippen LogP contribution in [0.1, 0.15) is 31.2 Å². The number of amides is 4. The largest absolute Gasteiger partial charge is 0.372 e. The van der Waals surface area contributed by atoms with E-state index < -0.39 is 18.0 Å². The zero-order chi connectivity index (χ0) is 17.8. The van der Waals surface area contributed by atoms with Crippen molar-refractivity contribution in [1.29, 1.82) is 0 Å². The standard InChI is InChI=1S/C18H24N4O3/c1-21(16(23)11-15-17(24)20-18(25)19-15)12-13-5-7-14(8-6-13)22-9-3-2-4-10-22/h5-8,15H,2-4,9-12H2,1H3,(H2,19,20,24,25)/t15-/m1/s1. The van der Waals surface area contributed by atoms with E-state index in [0.717, 1.165) is 18.7 Å². The van der Waals surface area contributed by atoms with Crippen LogP contribution in [0.25, 0.3) is 0 Å². The molecule has 25 heavy (non-hydrogen) atoms. The molecule has 2 aliphatic rings. The van der Waals surface area contributed by atoms with Gasteiger partial charge in [0.2, 0.25) is 5.91 Å². The van der Waals surface area contributed by atoms with E-state index >= 15 is 0 Å². The number of carbonyl (C=O) groups excluding carboxylic acids is 3. The van der Waals surface area contributed by atoms with Crippen LogP contribution in [-0.4, -0.2) is 48.9 Å². The van der Waals surface area contributed by atoms with Gasteiger partial charge in [0.25, 0.3) is 5.91 Å². The summed E-state index contributed by atoms with van der Waals surface area (Å²) in [6.45, 7) is 2.68. The number of urea groups is 1. The lowest BCUT2D eigenvalue weighted by Gasteiger charge is -2.29. The quantitative estimate of drug-likeness (QED) is 0.787. The van der Waals surface area contributed by atoms with Crippen molar-refractivity contribution in [1.82, 2.24) is 15.5 Å². The monoisotopic (exact) mass is 344 g/mol. The van der Waals surface area contributed by atoms with Gasteiger partial charge < -0.3 is 15.1 Å². The van der Waals surface area contributed by atoms with Crippen molar-refractivity contribution in [2.75, 3.05) is 25.0 Å². The highest BCUT2D eigenvalue weighted by atomic mass is 16.2.